The van der Waals surface area contributed by atoms with E-state index in [1.54, 1.807) is 18.2 Å². The minimum atomic E-state index is -3.61. The Morgan fingerprint density at radius 1 is 1.16 bits per heavy atom. The van der Waals surface area contributed by atoms with Crippen molar-refractivity contribution in [3.63, 3.8) is 0 Å². The van der Waals surface area contributed by atoms with Crippen LogP contribution >= 0.6 is 0 Å². The van der Waals surface area contributed by atoms with Crippen LogP contribution in [0.15, 0.2) is 41.3 Å². The first-order chi connectivity index (χ1) is 15.2. The molecule has 8 heteroatoms. The van der Waals surface area contributed by atoms with Crippen LogP contribution in [0, 0.1) is 13.8 Å². The molecular weight excluding hydrogens is 428 g/mol. The molecule has 1 unspecified atom stereocenters. The number of hydrogen-bond donors (Lipinski definition) is 1. The van der Waals surface area contributed by atoms with Gasteiger partial charge in [-0.2, -0.15) is 4.31 Å². The predicted octanol–water partition coefficient (Wildman–Crippen LogP) is 3.14. The standard InChI is InChI=1S/C24H32N2O5S/c1-17-5-8-22(18(2)15-17)19(3)25-24(27)10-6-20-16-21(7-9-23(20)30-4)32(28,29)26-11-13-31-14-12-26/h5,7-9,15-16,19H,6,10-14H2,1-4H3,(H,25,27). The number of aryl methyl sites for hydroxylation is 3. The van der Waals surface area contributed by atoms with Crippen molar-refractivity contribution in [3.8, 4) is 5.75 Å². The van der Waals surface area contributed by atoms with Crippen LogP contribution in [0.25, 0.3) is 0 Å². The van der Waals surface area contributed by atoms with Crippen molar-refractivity contribution in [2.45, 2.75) is 44.6 Å². The van der Waals surface area contributed by atoms with Crippen LogP contribution in [0.2, 0.25) is 0 Å². The van der Waals surface area contributed by atoms with Gasteiger partial charge in [-0.05, 0) is 62.1 Å². The molecule has 1 saturated heterocycles. The Balaban J connectivity index is 1.69. The average Bonchev–Trinajstić information content (AvgIpc) is 2.77. The van der Waals surface area contributed by atoms with Crippen LogP contribution < -0.4 is 10.1 Å². The van der Waals surface area contributed by atoms with Gasteiger partial charge in [-0.25, -0.2) is 8.42 Å². The van der Waals surface area contributed by atoms with E-state index < -0.39 is 10.0 Å². The Hall–Kier alpha value is -2.42. The SMILES string of the molecule is COc1ccc(S(=O)(=O)N2CCOCC2)cc1CCC(=O)NC(C)c1ccc(C)cc1C. The molecule has 0 radical (unpaired) electrons. The van der Waals surface area contributed by atoms with Crippen LogP contribution in [-0.4, -0.2) is 52.0 Å². The molecule has 32 heavy (non-hydrogen) atoms. The lowest BCUT2D eigenvalue weighted by Crippen LogP contribution is -2.40. The zero-order valence-electron chi connectivity index (χ0n) is 19.2. The van der Waals surface area contributed by atoms with E-state index in [-0.39, 0.29) is 23.3 Å². The van der Waals surface area contributed by atoms with E-state index in [4.69, 9.17) is 9.47 Å². The second-order valence-corrected chi connectivity index (χ2v) is 10.1. The summed E-state index contributed by atoms with van der Waals surface area (Å²) in [6.45, 7) is 7.50. The van der Waals surface area contributed by atoms with Crippen molar-refractivity contribution in [1.82, 2.24) is 9.62 Å². The van der Waals surface area contributed by atoms with Crippen molar-refractivity contribution in [2.75, 3.05) is 33.4 Å². The number of amides is 1. The number of nitrogens with one attached hydrogen (secondary N) is 1. The fraction of sp³-hybridized carbons (Fsp3) is 0.458. The molecule has 0 saturated carbocycles. The Kier molecular flexibility index (Phi) is 7.92. The maximum absolute atomic E-state index is 13.0. The van der Waals surface area contributed by atoms with Crippen LogP contribution in [-0.2, 0) is 26.0 Å². The lowest BCUT2D eigenvalue weighted by Gasteiger charge is -2.26. The summed E-state index contributed by atoms with van der Waals surface area (Å²) in [6, 6.07) is 10.9. The van der Waals surface area contributed by atoms with E-state index in [2.05, 4.69) is 11.4 Å². The van der Waals surface area contributed by atoms with Crippen molar-refractivity contribution in [1.29, 1.82) is 0 Å². The molecule has 0 spiro atoms. The van der Waals surface area contributed by atoms with Crippen molar-refractivity contribution >= 4 is 15.9 Å². The number of benzene rings is 2. The number of rotatable bonds is 8. The minimum absolute atomic E-state index is 0.0963. The zero-order valence-corrected chi connectivity index (χ0v) is 20.0. The molecule has 1 amide bonds. The lowest BCUT2D eigenvalue weighted by atomic mass is 10.00. The third-order valence-electron chi connectivity index (χ3n) is 5.75. The number of nitrogens with zero attached hydrogens (tertiary/aromatic N) is 1. The number of hydrogen-bond acceptors (Lipinski definition) is 5. The zero-order chi connectivity index (χ0) is 23.3. The van der Waals surface area contributed by atoms with E-state index in [0.29, 0.717) is 44.0 Å². The molecule has 2 aromatic carbocycles. The highest BCUT2D eigenvalue weighted by molar-refractivity contribution is 7.89. The van der Waals surface area contributed by atoms with Gasteiger partial charge in [0.1, 0.15) is 5.75 Å². The van der Waals surface area contributed by atoms with Crippen molar-refractivity contribution in [3.05, 3.63) is 58.7 Å². The third kappa shape index (κ3) is 5.68. The average molecular weight is 461 g/mol. The first-order valence-corrected chi connectivity index (χ1v) is 12.3. The van der Waals surface area contributed by atoms with E-state index in [1.807, 2.05) is 32.9 Å². The Morgan fingerprint density at radius 2 is 1.88 bits per heavy atom. The molecule has 1 aliphatic heterocycles. The number of morpholine rings is 1. The lowest BCUT2D eigenvalue weighted by molar-refractivity contribution is -0.121. The fourth-order valence-electron chi connectivity index (χ4n) is 4.00. The Morgan fingerprint density at radius 3 is 2.53 bits per heavy atom. The molecular formula is C24H32N2O5S. The van der Waals surface area contributed by atoms with Gasteiger partial charge in [0.25, 0.3) is 0 Å². The van der Waals surface area contributed by atoms with E-state index in [9.17, 15) is 13.2 Å². The van der Waals surface area contributed by atoms with Gasteiger partial charge in [-0.15, -0.1) is 0 Å². The van der Waals surface area contributed by atoms with Gasteiger partial charge in [-0.3, -0.25) is 4.79 Å². The molecule has 1 atom stereocenters. The van der Waals surface area contributed by atoms with Gasteiger partial charge in [0.05, 0.1) is 31.3 Å². The maximum atomic E-state index is 13.0. The summed E-state index contributed by atoms with van der Waals surface area (Å²) in [4.78, 5) is 12.8. The fourth-order valence-corrected chi connectivity index (χ4v) is 5.46. The molecule has 0 aliphatic carbocycles. The maximum Gasteiger partial charge on any atom is 0.243 e. The summed E-state index contributed by atoms with van der Waals surface area (Å²) in [5, 5.41) is 3.04. The first kappa shape index (κ1) is 24.2. The summed E-state index contributed by atoms with van der Waals surface area (Å²) in [6.07, 6.45) is 0.605. The first-order valence-electron chi connectivity index (χ1n) is 10.8. The molecule has 174 valence electrons. The topological polar surface area (TPSA) is 84.9 Å². The summed E-state index contributed by atoms with van der Waals surface area (Å²) >= 11 is 0. The number of methoxy groups -OCH3 is 1. The third-order valence-corrected chi connectivity index (χ3v) is 7.65. The summed E-state index contributed by atoms with van der Waals surface area (Å²) in [7, 11) is -2.08. The molecule has 1 heterocycles. The Labute approximate surface area is 190 Å². The van der Waals surface area contributed by atoms with E-state index in [1.165, 1.54) is 17.0 Å². The molecule has 0 bridgehead atoms. The number of carbonyl (C=O) groups is 1. The number of carbonyl (C=O) groups excluding carboxylic acids is 1. The van der Waals surface area contributed by atoms with Crippen molar-refractivity contribution < 1.29 is 22.7 Å². The van der Waals surface area contributed by atoms with Crippen LogP contribution in [0.3, 0.4) is 0 Å². The smallest absolute Gasteiger partial charge is 0.243 e. The van der Waals surface area contributed by atoms with Crippen LogP contribution in [0.4, 0.5) is 0 Å². The highest BCUT2D eigenvalue weighted by Gasteiger charge is 2.27. The van der Waals surface area contributed by atoms with Gasteiger partial charge < -0.3 is 14.8 Å². The van der Waals surface area contributed by atoms with Crippen molar-refractivity contribution in [2.24, 2.45) is 0 Å². The molecule has 7 nitrogen and oxygen atoms in total. The van der Waals surface area contributed by atoms with E-state index in [0.717, 1.165) is 11.1 Å². The predicted molar refractivity (Wildman–Crippen MR) is 123 cm³/mol. The molecule has 1 N–H and O–H groups in total. The minimum Gasteiger partial charge on any atom is -0.496 e. The largest absolute Gasteiger partial charge is 0.496 e. The summed E-state index contributed by atoms with van der Waals surface area (Å²) in [5.41, 5.74) is 4.10. The normalized spacial score (nSPS) is 15.9. The van der Waals surface area contributed by atoms with Gasteiger partial charge in [0.15, 0.2) is 0 Å². The second kappa shape index (κ2) is 10.5. The number of sulfonamides is 1. The molecule has 1 fully saturated rings. The molecule has 1 aliphatic rings. The van der Waals surface area contributed by atoms with Gasteiger partial charge in [0, 0.05) is 19.5 Å². The number of ether oxygens (including phenoxy) is 2. The molecule has 3 rings (SSSR count). The van der Waals surface area contributed by atoms with Crippen LogP contribution in [0.1, 0.15) is 41.6 Å². The highest BCUT2D eigenvalue weighted by atomic mass is 32.2. The van der Waals surface area contributed by atoms with Gasteiger partial charge in [0.2, 0.25) is 15.9 Å². The summed E-state index contributed by atoms with van der Waals surface area (Å²) < 4.78 is 38.1. The van der Waals surface area contributed by atoms with Gasteiger partial charge in [-0.1, -0.05) is 23.8 Å². The Bertz CT molecular complexity index is 1060. The summed E-state index contributed by atoms with van der Waals surface area (Å²) in [5.74, 6) is 0.474. The monoisotopic (exact) mass is 460 g/mol. The second-order valence-electron chi connectivity index (χ2n) is 8.14. The quantitative estimate of drug-likeness (QED) is 0.654. The molecule has 2 aromatic rings. The van der Waals surface area contributed by atoms with Gasteiger partial charge >= 0.3 is 0 Å². The molecule has 0 aromatic heterocycles. The highest BCUT2D eigenvalue weighted by Crippen LogP contribution is 2.26. The van der Waals surface area contributed by atoms with Crippen LogP contribution in [0.5, 0.6) is 5.75 Å². The van der Waals surface area contributed by atoms with E-state index >= 15 is 0 Å².